The number of methoxy groups -OCH3 is 1. The monoisotopic (exact) mass is 383 g/mol. The quantitative estimate of drug-likeness (QED) is 0.480. The van der Waals surface area contributed by atoms with E-state index < -0.39 is 0 Å². The smallest absolute Gasteiger partial charge is 0.175 e. The molecule has 2 aromatic rings. The lowest BCUT2D eigenvalue weighted by molar-refractivity contribution is 0.0348. The molecule has 2 saturated heterocycles. The molecule has 2 fully saturated rings. The first-order chi connectivity index (χ1) is 13.6. The second-order valence-electron chi connectivity index (χ2n) is 7.15. The summed E-state index contributed by atoms with van der Waals surface area (Å²) in [5, 5.41) is 12.4. The average molecular weight is 383 g/mol. The fourth-order valence-corrected chi connectivity index (χ4v) is 3.83. The highest BCUT2D eigenvalue weighted by Crippen LogP contribution is 2.31. The molecule has 0 aliphatic carbocycles. The van der Waals surface area contributed by atoms with E-state index in [9.17, 15) is 0 Å². The van der Waals surface area contributed by atoms with Gasteiger partial charge in [0.25, 0.3) is 0 Å². The highest BCUT2D eigenvalue weighted by Gasteiger charge is 2.40. The van der Waals surface area contributed by atoms with E-state index in [0.29, 0.717) is 5.71 Å². The number of nitrogens with zero attached hydrogens (tertiary/aromatic N) is 4. The van der Waals surface area contributed by atoms with Crippen LogP contribution in [0.5, 0.6) is 5.75 Å². The maximum Gasteiger partial charge on any atom is 0.175 e. The fourth-order valence-electron chi connectivity index (χ4n) is 3.83. The van der Waals surface area contributed by atoms with E-state index in [-0.39, 0.29) is 12.4 Å². The minimum Gasteiger partial charge on any atom is -0.495 e. The molecule has 4 rings (SSSR count). The first-order valence-corrected chi connectivity index (χ1v) is 9.35. The number of hydrogen-bond donors (Lipinski definition) is 2. The summed E-state index contributed by atoms with van der Waals surface area (Å²) >= 11 is 0. The van der Waals surface area contributed by atoms with Crippen LogP contribution in [0.3, 0.4) is 0 Å². The summed E-state index contributed by atoms with van der Waals surface area (Å²) in [5.74, 6) is 0.788. The topological polar surface area (TPSA) is 84.1 Å². The maximum atomic E-state index is 9.08. The number of fused-ring (bicyclic) bond motifs is 1. The van der Waals surface area contributed by atoms with Crippen molar-refractivity contribution in [1.82, 2.24) is 19.9 Å². The second-order valence-corrected chi connectivity index (χ2v) is 7.15. The Morgan fingerprint density at radius 2 is 2.32 bits per heavy atom. The summed E-state index contributed by atoms with van der Waals surface area (Å²) in [6.45, 7) is 4.60. The van der Waals surface area contributed by atoms with Crippen molar-refractivity contribution in [2.45, 2.75) is 39.1 Å². The first kappa shape index (κ1) is 18.7. The number of hydroxylamine groups is 1. The van der Waals surface area contributed by atoms with Gasteiger partial charge in [-0.3, -0.25) is 9.74 Å². The lowest BCUT2D eigenvalue weighted by Crippen LogP contribution is -2.46. The minimum absolute atomic E-state index is 0.0302. The number of imidazole rings is 1. The molecule has 148 valence electrons. The SMILES string of the molecule is COc1cc(/C=C2\CCCN3C2NO[C@H]3/C(C)=N/O)ccc1-n1cnc(C)c1. The number of piperidine rings is 1. The van der Waals surface area contributed by atoms with Crippen LogP contribution in [-0.4, -0.2) is 51.4 Å². The van der Waals surface area contributed by atoms with Crippen LogP contribution in [0.15, 0.2) is 41.5 Å². The molecule has 8 heteroatoms. The molecule has 0 amide bonds. The van der Waals surface area contributed by atoms with Crippen LogP contribution in [-0.2, 0) is 4.84 Å². The van der Waals surface area contributed by atoms with Crippen molar-refractivity contribution < 1.29 is 14.8 Å². The summed E-state index contributed by atoms with van der Waals surface area (Å²) in [6, 6.07) is 6.15. The van der Waals surface area contributed by atoms with Crippen molar-refractivity contribution in [2.24, 2.45) is 5.16 Å². The Labute approximate surface area is 164 Å². The summed E-state index contributed by atoms with van der Waals surface area (Å²) in [4.78, 5) is 12.1. The normalized spacial score (nSPS) is 24.5. The van der Waals surface area contributed by atoms with Crippen LogP contribution in [0.1, 0.15) is 31.0 Å². The van der Waals surface area contributed by atoms with E-state index >= 15 is 0 Å². The minimum atomic E-state index is -0.347. The summed E-state index contributed by atoms with van der Waals surface area (Å²) < 4.78 is 7.58. The summed E-state index contributed by atoms with van der Waals surface area (Å²) in [6.07, 6.45) is 7.55. The summed E-state index contributed by atoms with van der Waals surface area (Å²) in [7, 11) is 1.68. The Morgan fingerprint density at radius 3 is 3.04 bits per heavy atom. The second kappa shape index (κ2) is 7.75. The molecule has 0 spiro atoms. The number of rotatable bonds is 4. The van der Waals surface area contributed by atoms with Crippen molar-refractivity contribution in [3.8, 4) is 11.4 Å². The van der Waals surface area contributed by atoms with Gasteiger partial charge in [0.1, 0.15) is 11.9 Å². The third-order valence-corrected chi connectivity index (χ3v) is 5.22. The third kappa shape index (κ3) is 3.42. The highest BCUT2D eigenvalue weighted by atomic mass is 16.7. The molecule has 0 bridgehead atoms. The van der Waals surface area contributed by atoms with Crippen LogP contribution in [0.4, 0.5) is 0 Å². The molecular formula is C20H25N5O3. The van der Waals surface area contributed by atoms with E-state index in [4.69, 9.17) is 14.8 Å². The van der Waals surface area contributed by atoms with Crippen LogP contribution < -0.4 is 10.2 Å². The highest BCUT2D eigenvalue weighted by molar-refractivity contribution is 5.85. The number of hydrogen-bond acceptors (Lipinski definition) is 7. The standard InChI is InChI=1S/C20H25N5O3/c1-13-11-24(12-21-13)17-7-6-15(10-18(17)27-3)9-16-5-4-8-25-19(16)23-28-20(25)14(2)22-26/h6-7,9-12,19-20,23,26H,4-5,8H2,1-3H3/b16-9+,22-14+/t19?,20-/m0/s1. The van der Waals surface area contributed by atoms with Gasteiger partial charge in [-0.05, 0) is 50.0 Å². The van der Waals surface area contributed by atoms with Crippen LogP contribution in [0, 0.1) is 6.92 Å². The number of ether oxygens (including phenoxy) is 1. The van der Waals surface area contributed by atoms with Gasteiger partial charge in [-0.1, -0.05) is 17.3 Å². The molecule has 0 radical (unpaired) electrons. The van der Waals surface area contributed by atoms with Crippen molar-refractivity contribution in [3.05, 3.63) is 47.6 Å². The third-order valence-electron chi connectivity index (χ3n) is 5.22. The zero-order chi connectivity index (χ0) is 19.7. The van der Waals surface area contributed by atoms with Gasteiger partial charge in [-0.25, -0.2) is 4.98 Å². The molecule has 2 N–H and O–H groups in total. The Hall–Kier alpha value is -2.68. The van der Waals surface area contributed by atoms with E-state index in [0.717, 1.165) is 42.1 Å². The molecule has 1 unspecified atom stereocenters. The average Bonchev–Trinajstić information content (AvgIpc) is 3.34. The number of nitrogens with one attached hydrogen (secondary N) is 1. The van der Waals surface area contributed by atoms with Gasteiger partial charge in [-0.2, -0.15) is 5.48 Å². The first-order valence-electron chi connectivity index (χ1n) is 9.35. The van der Waals surface area contributed by atoms with Crippen molar-refractivity contribution in [1.29, 1.82) is 0 Å². The van der Waals surface area contributed by atoms with E-state index in [2.05, 4.69) is 32.7 Å². The van der Waals surface area contributed by atoms with Gasteiger partial charge in [0.15, 0.2) is 6.23 Å². The van der Waals surface area contributed by atoms with Crippen LogP contribution >= 0.6 is 0 Å². The van der Waals surface area contributed by atoms with Crippen LogP contribution in [0.25, 0.3) is 11.8 Å². The Kier molecular flexibility index (Phi) is 5.17. The number of aromatic nitrogens is 2. The van der Waals surface area contributed by atoms with Crippen molar-refractivity contribution in [3.63, 3.8) is 0 Å². The number of benzene rings is 1. The number of aryl methyl sites for hydroxylation is 1. The van der Waals surface area contributed by atoms with Crippen molar-refractivity contribution >= 4 is 11.8 Å². The molecule has 2 aliphatic rings. The van der Waals surface area contributed by atoms with Crippen LogP contribution in [0.2, 0.25) is 0 Å². The molecule has 0 saturated carbocycles. The fraction of sp³-hybridized carbons (Fsp3) is 0.400. The van der Waals surface area contributed by atoms with E-state index in [1.807, 2.05) is 29.8 Å². The maximum absolute atomic E-state index is 9.08. The Morgan fingerprint density at radius 1 is 1.46 bits per heavy atom. The zero-order valence-electron chi connectivity index (χ0n) is 16.3. The summed E-state index contributed by atoms with van der Waals surface area (Å²) in [5.41, 5.74) is 7.83. The van der Waals surface area contributed by atoms with Gasteiger partial charge in [-0.15, -0.1) is 0 Å². The Bertz CT molecular complexity index is 920. The number of oxime groups is 1. The molecule has 2 atom stereocenters. The van der Waals surface area contributed by atoms with E-state index in [1.165, 1.54) is 5.57 Å². The molecular weight excluding hydrogens is 358 g/mol. The molecule has 3 heterocycles. The van der Waals surface area contributed by atoms with Gasteiger partial charge in [0.05, 0.1) is 30.5 Å². The molecule has 8 nitrogen and oxygen atoms in total. The molecule has 28 heavy (non-hydrogen) atoms. The van der Waals surface area contributed by atoms with Gasteiger partial charge < -0.3 is 14.5 Å². The molecule has 1 aromatic carbocycles. The predicted molar refractivity (Wildman–Crippen MR) is 105 cm³/mol. The lowest BCUT2D eigenvalue weighted by atomic mass is 9.98. The van der Waals surface area contributed by atoms with Gasteiger partial charge >= 0.3 is 0 Å². The zero-order valence-corrected chi connectivity index (χ0v) is 16.3. The predicted octanol–water partition coefficient (Wildman–Crippen LogP) is 2.71. The van der Waals surface area contributed by atoms with Gasteiger partial charge in [0.2, 0.25) is 0 Å². The lowest BCUT2D eigenvalue weighted by Gasteiger charge is -2.32. The van der Waals surface area contributed by atoms with E-state index in [1.54, 1.807) is 20.4 Å². The van der Waals surface area contributed by atoms with Crippen molar-refractivity contribution in [2.75, 3.05) is 13.7 Å². The van der Waals surface area contributed by atoms with Gasteiger partial charge in [0, 0.05) is 12.7 Å². The molecule has 1 aromatic heterocycles. The largest absolute Gasteiger partial charge is 0.495 e. The Balaban J connectivity index is 1.62. The molecule has 2 aliphatic heterocycles.